The molecule has 0 aliphatic carbocycles. The molecule has 29 heavy (non-hydrogen) atoms. The highest BCUT2D eigenvalue weighted by molar-refractivity contribution is 5.95. The molecule has 0 aliphatic heterocycles. The van der Waals surface area contributed by atoms with Gasteiger partial charge in [-0.05, 0) is 42.5 Å². The highest BCUT2D eigenvalue weighted by Crippen LogP contribution is 2.20. The third kappa shape index (κ3) is 5.44. The van der Waals surface area contributed by atoms with Crippen LogP contribution in [0.2, 0.25) is 0 Å². The molecule has 4 heteroatoms. The fourth-order valence-electron chi connectivity index (χ4n) is 3.26. The van der Waals surface area contributed by atoms with Crippen molar-refractivity contribution in [3.8, 4) is 11.1 Å². The van der Waals surface area contributed by atoms with E-state index in [1.54, 1.807) is 10.6 Å². The van der Waals surface area contributed by atoms with Crippen molar-refractivity contribution in [2.24, 2.45) is 0 Å². The maximum Gasteiger partial charge on any atom is 0.263 e. The number of carbonyl (C=O) groups excluding carboxylic acids is 1. The molecule has 1 heterocycles. The van der Waals surface area contributed by atoms with E-state index in [4.69, 9.17) is 0 Å². The van der Waals surface area contributed by atoms with E-state index < -0.39 is 0 Å². The van der Waals surface area contributed by atoms with Gasteiger partial charge in [-0.25, -0.2) is 0 Å². The molecule has 3 aromatic rings. The summed E-state index contributed by atoms with van der Waals surface area (Å²) in [6.07, 6.45) is 4.48. The number of carbonyl (C=O) groups is 1. The monoisotopic (exact) mass is 388 g/mol. The molecule has 2 aromatic carbocycles. The van der Waals surface area contributed by atoms with Gasteiger partial charge in [0.25, 0.3) is 11.5 Å². The lowest BCUT2D eigenvalue weighted by Crippen LogP contribution is -2.34. The average Bonchev–Trinajstić information content (AvgIpc) is 2.74. The standard InChI is InChI=1S/C25H28N2O2/c1-3-4-16-27-18-22(21-12-10-19(2)11-13-21)17-23(25(27)29)24(28)26-15-14-20-8-6-5-7-9-20/h5-13,17-18H,3-4,14-16H2,1-2H3,(H,26,28). The van der Waals surface area contributed by atoms with Crippen molar-refractivity contribution in [3.63, 3.8) is 0 Å². The number of nitrogens with one attached hydrogen (secondary N) is 1. The smallest absolute Gasteiger partial charge is 0.263 e. The number of aromatic nitrogens is 1. The third-order valence-corrected chi connectivity index (χ3v) is 5.01. The number of unbranched alkanes of at least 4 members (excludes halogenated alkanes) is 1. The van der Waals surface area contributed by atoms with E-state index in [-0.39, 0.29) is 17.0 Å². The number of benzene rings is 2. The molecule has 0 saturated heterocycles. The van der Waals surface area contributed by atoms with Gasteiger partial charge in [-0.3, -0.25) is 9.59 Å². The van der Waals surface area contributed by atoms with Crippen LogP contribution in [0.1, 0.15) is 41.3 Å². The number of nitrogens with zero attached hydrogens (tertiary/aromatic N) is 1. The highest BCUT2D eigenvalue weighted by atomic mass is 16.2. The molecular weight excluding hydrogens is 360 g/mol. The number of aryl methyl sites for hydroxylation is 2. The Morgan fingerprint density at radius 3 is 2.41 bits per heavy atom. The molecule has 0 atom stereocenters. The van der Waals surface area contributed by atoms with Crippen LogP contribution in [-0.2, 0) is 13.0 Å². The van der Waals surface area contributed by atoms with Crippen LogP contribution in [0, 0.1) is 6.92 Å². The Morgan fingerprint density at radius 1 is 1.00 bits per heavy atom. The van der Waals surface area contributed by atoms with E-state index >= 15 is 0 Å². The molecule has 1 amide bonds. The first kappa shape index (κ1) is 20.6. The molecule has 0 bridgehead atoms. The first-order chi connectivity index (χ1) is 14.1. The van der Waals surface area contributed by atoms with Gasteiger partial charge in [0.1, 0.15) is 5.56 Å². The second-order valence-corrected chi connectivity index (χ2v) is 7.35. The minimum Gasteiger partial charge on any atom is -0.352 e. The van der Waals surface area contributed by atoms with Crippen LogP contribution in [0.4, 0.5) is 0 Å². The quantitative estimate of drug-likeness (QED) is 0.613. The highest BCUT2D eigenvalue weighted by Gasteiger charge is 2.15. The van der Waals surface area contributed by atoms with Gasteiger partial charge in [0.05, 0.1) is 0 Å². The Morgan fingerprint density at radius 2 is 1.72 bits per heavy atom. The maximum atomic E-state index is 12.9. The lowest BCUT2D eigenvalue weighted by molar-refractivity contribution is 0.0952. The average molecular weight is 389 g/mol. The molecule has 4 nitrogen and oxygen atoms in total. The fraction of sp³-hybridized carbons (Fsp3) is 0.280. The minimum absolute atomic E-state index is 0.201. The number of rotatable bonds is 8. The van der Waals surface area contributed by atoms with Crippen molar-refractivity contribution in [1.82, 2.24) is 9.88 Å². The Balaban J connectivity index is 1.85. The summed E-state index contributed by atoms with van der Waals surface area (Å²) in [5.41, 5.74) is 4.18. The zero-order chi connectivity index (χ0) is 20.6. The molecule has 0 spiro atoms. The first-order valence-corrected chi connectivity index (χ1v) is 10.2. The number of amides is 1. The van der Waals surface area contributed by atoms with Gasteiger partial charge in [-0.15, -0.1) is 0 Å². The predicted octanol–water partition coefficient (Wildman–Crippen LogP) is 4.60. The van der Waals surface area contributed by atoms with Crippen LogP contribution >= 0.6 is 0 Å². The molecule has 0 radical (unpaired) electrons. The number of hydrogen-bond donors (Lipinski definition) is 1. The summed E-state index contributed by atoms with van der Waals surface area (Å²) >= 11 is 0. The van der Waals surface area contributed by atoms with Gasteiger partial charge in [-0.1, -0.05) is 73.5 Å². The Kier molecular flexibility index (Phi) is 7.01. The van der Waals surface area contributed by atoms with Gasteiger partial charge in [0, 0.05) is 19.3 Å². The van der Waals surface area contributed by atoms with Crippen molar-refractivity contribution < 1.29 is 4.79 Å². The van der Waals surface area contributed by atoms with E-state index in [0.717, 1.165) is 36.0 Å². The van der Waals surface area contributed by atoms with E-state index in [1.807, 2.05) is 67.7 Å². The summed E-state index contributed by atoms with van der Waals surface area (Å²) < 4.78 is 1.67. The van der Waals surface area contributed by atoms with Crippen molar-refractivity contribution in [2.45, 2.75) is 39.7 Å². The van der Waals surface area contributed by atoms with Crippen LogP contribution in [-0.4, -0.2) is 17.0 Å². The Bertz CT molecular complexity index is 1010. The van der Waals surface area contributed by atoms with E-state index in [0.29, 0.717) is 13.1 Å². The van der Waals surface area contributed by atoms with Crippen LogP contribution in [0.3, 0.4) is 0 Å². The summed E-state index contributed by atoms with van der Waals surface area (Å²) in [5, 5.41) is 2.91. The topological polar surface area (TPSA) is 51.1 Å². The molecule has 0 saturated carbocycles. The molecule has 3 rings (SSSR count). The zero-order valence-corrected chi connectivity index (χ0v) is 17.2. The van der Waals surface area contributed by atoms with Crippen LogP contribution in [0.5, 0.6) is 0 Å². The van der Waals surface area contributed by atoms with Crippen LogP contribution < -0.4 is 10.9 Å². The van der Waals surface area contributed by atoms with Gasteiger partial charge < -0.3 is 9.88 Å². The van der Waals surface area contributed by atoms with Crippen LogP contribution in [0.15, 0.2) is 71.7 Å². The lowest BCUT2D eigenvalue weighted by Gasteiger charge is -2.12. The summed E-state index contributed by atoms with van der Waals surface area (Å²) in [4.78, 5) is 25.7. The summed E-state index contributed by atoms with van der Waals surface area (Å²) in [7, 11) is 0. The molecular formula is C25H28N2O2. The Hall–Kier alpha value is -3.14. The van der Waals surface area contributed by atoms with Crippen molar-refractivity contribution in [3.05, 3.63) is 93.9 Å². The molecule has 0 unspecified atom stereocenters. The van der Waals surface area contributed by atoms with Crippen LogP contribution in [0.25, 0.3) is 11.1 Å². The number of pyridine rings is 1. The SMILES string of the molecule is CCCCn1cc(-c2ccc(C)cc2)cc(C(=O)NCCc2ccccc2)c1=O. The van der Waals surface area contributed by atoms with E-state index in [2.05, 4.69) is 12.2 Å². The Labute approximate surface area is 172 Å². The third-order valence-electron chi connectivity index (χ3n) is 5.01. The second kappa shape index (κ2) is 9.87. The predicted molar refractivity (Wildman–Crippen MR) is 118 cm³/mol. The lowest BCUT2D eigenvalue weighted by atomic mass is 10.0. The minimum atomic E-state index is -0.315. The van der Waals surface area contributed by atoms with Crippen molar-refractivity contribution in [1.29, 1.82) is 0 Å². The van der Waals surface area contributed by atoms with E-state index in [1.165, 1.54) is 5.56 Å². The maximum absolute atomic E-state index is 12.9. The first-order valence-electron chi connectivity index (χ1n) is 10.2. The van der Waals surface area contributed by atoms with E-state index in [9.17, 15) is 9.59 Å². The zero-order valence-electron chi connectivity index (χ0n) is 17.2. The summed E-state index contributed by atoms with van der Waals surface area (Å²) in [5.74, 6) is -0.315. The summed E-state index contributed by atoms with van der Waals surface area (Å²) in [6, 6.07) is 19.8. The van der Waals surface area contributed by atoms with Gasteiger partial charge in [0.15, 0.2) is 0 Å². The normalized spacial score (nSPS) is 10.7. The van der Waals surface area contributed by atoms with Gasteiger partial charge in [0.2, 0.25) is 0 Å². The van der Waals surface area contributed by atoms with Gasteiger partial charge >= 0.3 is 0 Å². The molecule has 0 aliphatic rings. The van der Waals surface area contributed by atoms with Crippen molar-refractivity contribution >= 4 is 5.91 Å². The fourth-order valence-corrected chi connectivity index (χ4v) is 3.26. The summed E-state index contributed by atoms with van der Waals surface area (Å²) in [6.45, 7) is 5.23. The molecule has 1 N–H and O–H groups in total. The molecule has 150 valence electrons. The van der Waals surface area contributed by atoms with Gasteiger partial charge in [-0.2, -0.15) is 0 Å². The number of hydrogen-bond acceptors (Lipinski definition) is 2. The second-order valence-electron chi connectivity index (χ2n) is 7.35. The molecule has 0 fully saturated rings. The molecule has 1 aromatic heterocycles. The largest absolute Gasteiger partial charge is 0.352 e. The van der Waals surface area contributed by atoms with Crippen molar-refractivity contribution in [2.75, 3.05) is 6.54 Å².